The number of rotatable bonds is 8. The largest absolute Gasteiger partial charge is 0.334 e. The van der Waals surface area contributed by atoms with Crippen molar-refractivity contribution >= 4 is 44.8 Å². The molecule has 8 rings (SSSR count). The molecule has 0 saturated carbocycles. The molecule has 1 aliphatic rings. The van der Waals surface area contributed by atoms with Crippen LogP contribution in [0.2, 0.25) is 0 Å². The molecule has 1 atom stereocenters. The number of benzene rings is 7. The fourth-order valence-corrected chi connectivity index (χ4v) is 6.79. The van der Waals surface area contributed by atoms with Crippen LogP contribution in [0.15, 0.2) is 200 Å². The average Bonchev–Trinajstić information content (AvgIpc) is 3.17. The van der Waals surface area contributed by atoms with Crippen molar-refractivity contribution in [1.29, 1.82) is 0 Å². The van der Waals surface area contributed by atoms with Crippen LogP contribution in [0.3, 0.4) is 0 Å². The first kappa shape index (κ1) is 29.3. The molecule has 0 aliphatic heterocycles. The number of hydrogen-bond acceptors (Lipinski definition) is 2. The van der Waals surface area contributed by atoms with Crippen LogP contribution in [0, 0.1) is 0 Å². The molecule has 48 heavy (non-hydrogen) atoms. The van der Waals surface area contributed by atoms with Gasteiger partial charge in [-0.3, -0.25) is 0 Å². The summed E-state index contributed by atoms with van der Waals surface area (Å²) in [7, 11) is 0. The monoisotopic (exact) mass is 616 g/mol. The second-order valence-corrected chi connectivity index (χ2v) is 12.2. The zero-order chi connectivity index (χ0) is 32.1. The van der Waals surface area contributed by atoms with Crippen molar-refractivity contribution in [2.75, 3.05) is 9.80 Å². The quantitative estimate of drug-likeness (QED) is 0.168. The van der Waals surface area contributed by atoms with Crippen molar-refractivity contribution < 1.29 is 0 Å². The Hall–Kier alpha value is -6.12. The number of fused-ring (bicyclic) bond motifs is 1. The molecule has 7 aromatic carbocycles. The van der Waals surface area contributed by atoms with Gasteiger partial charge in [0.05, 0.1) is 11.7 Å². The number of allylic oxidation sites excluding steroid dienone is 2. The highest BCUT2D eigenvalue weighted by molar-refractivity contribution is 5.99. The van der Waals surface area contributed by atoms with E-state index in [9.17, 15) is 0 Å². The summed E-state index contributed by atoms with van der Waals surface area (Å²) >= 11 is 0. The van der Waals surface area contributed by atoms with E-state index < -0.39 is 0 Å². The summed E-state index contributed by atoms with van der Waals surface area (Å²) in [6, 6.07) is 65.2. The lowest BCUT2D eigenvalue weighted by Crippen LogP contribution is -2.30. The Kier molecular flexibility index (Phi) is 8.13. The Morgan fingerprint density at radius 1 is 0.417 bits per heavy atom. The Labute approximate surface area is 283 Å². The minimum absolute atomic E-state index is 0.206. The Morgan fingerprint density at radius 2 is 0.938 bits per heavy atom. The van der Waals surface area contributed by atoms with Gasteiger partial charge < -0.3 is 9.80 Å². The summed E-state index contributed by atoms with van der Waals surface area (Å²) in [6.45, 7) is 0. The molecule has 0 N–H and O–H groups in total. The van der Waals surface area contributed by atoms with Gasteiger partial charge in [0.2, 0.25) is 0 Å². The Morgan fingerprint density at radius 3 is 1.62 bits per heavy atom. The van der Waals surface area contributed by atoms with Crippen LogP contribution in [0.1, 0.15) is 12.0 Å². The fourth-order valence-electron chi connectivity index (χ4n) is 6.79. The molecule has 0 amide bonds. The lowest BCUT2D eigenvalue weighted by atomic mass is 9.95. The molecule has 1 unspecified atom stereocenters. The van der Waals surface area contributed by atoms with Crippen LogP contribution >= 0.6 is 0 Å². The number of para-hydroxylation sites is 2. The fraction of sp³-hybridized carbons (Fsp3) is 0.0435. The molecule has 2 nitrogen and oxygen atoms in total. The SMILES string of the molecule is C1=CC(N(c2ccccc2)c2ccc(-c3ccccc3)cc2)CC=C1c1ccc(N(c2ccccc2)c2cccc3ccccc23)cc1. The summed E-state index contributed by atoms with van der Waals surface area (Å²) in [5.74, 6) is 0. The van der Waals surface area contributed by atoms with Crippen molar-refractivity contribution in [1.82, 2.24) is 0 Å². The molecule has 0 aromatic heterocycles. The number of anilines is 5. The highest BCUT2D eigenvalue weighted by atomic mass is 15.2. The van der Waals surface area contributed by atoms with Crippen LogP contribution in [0.5, 0.6) is 0 Å². The van der Waals surface area contributed by atoms with E-state index >= 15 is 0 Å². The van der Waals surface area contributed by atoms with Crippen molar-refractivity contribution in [3.63, 3.8) is 0 Å². The van der Waals surface area contributed by atoms with Crippen molar-refractivity contribution in [3.8, 4) is 11.1 Å². The van der Waals surface area contributed by atoms with Gasteiger partial charge in [0.15, 0.2) is 0 Å². The first-order valence-corrected chi connectivity index (χ1v) is 16.6. The van der Waals surface area contributed by atoms with Crippen LogP contribution in [0.4, 0.5) is 28.4 Å². The summed E-state index contributed by atoms with van der Waals surface area (Å²) in [6.07, 6.45) is 7.94. The van der Waals surface area contributed by atoms with Gasteiger partial charge in [-0.1, -0.05) is 146 Å². The van der Waals surface area contributed by atoms with E-state index in [0.717, 1.165) is 17.8 Å². The molecule has 0 saturated heterocycles. The number of nitrogens with zero attached hydrogens (tertiary/aromatic N) is 2. The topological polar surface area (TPSA) is 6.48 Å². The first-order chi connectivity index (χ1) is 23.8. The maximum atomic E-state index is 2.45. The minimum Gasteiger partial charge on any atom is -0.334 e. The maximum Gasteiger partial charge on any atom is 0.0560 e. The van der Waals surface area contributed by atoms with Gasteiger partial charge >= 0.3 is 0 Å². The standard InChI is InChI=1S/C46H36N2/c1-4-13-35(14-5-1)36-23-29-42(30-24-36)47(40-17-6-2-7-18-40)43-31-25-37(26-32-43)38-27-33-44(34-28-38)48(41-19-8-3-9-20-41)46-22-12-16-39-15-10-11-21-45(39)46/h1-31,33-34,43H,32H2. The molecule has 0 fully saturated rings. The van der Waals surface area contributed by atoms with Crippen molar-refractivity contribution in [2.45, 2.75) is 12.5 Å². The zero-order valence-corrected chi connectivity index (χ0v) is 26.7. The van der Waals surface area contributed by atoms with Crippen LogP contribution < -0.4 is 9.80 Å². The molecular weight excluding hydrogens is 581 g/mol. The summed E-state index contributed by atoms with van der Waals surface area (Å²) in [5.41, 5.74) is 10.7. The van der Waals surface area contributed by atoms with Gasteiger partial charge in [0.25, 0.3) is 0 Å². The van der Waals surface area contributed by atoms with Crippen LogP contribution in [-0.2, 0) is 0 Å². The molecule has 0 bridgehead atoms. The third-order valence-electron chi connectivity index (χ3n) is 9.18. The maximum absolute atomic E-state index is 2.45. The van der Waals surface area contributed by atoms with E-state index in [2.05, 4.69) is 210 Å². The van der Waals surface area contributed by atoms with Crippen LogP contribution in [-0.4, -0.2) is 6.04 Å². The van der Waals surface area contributed by atoms with Gasteiger partial charge in [-0.05, 0) is 88.7 Å². The Bertz CT molecular complexity index is 2180. The summed E-state index contributed by atoms with van der Waals surface area (Å²) in [4.78, 5) is 4.80. The van der Waals surface area contributed by atoms with Gasteiger partial charge in [-0.2, -0.15) is 0 Å². The summed E-state index contributed by atoms with van der Waals surface area (Å²) < 4.78 is 0. The van der Waals surface area contributed by atoms with Gasteiger partial charge in [-0.15, -0.1) is 0 Å². The predicted octanol–water partition coefficient (Wildman–Crippen LogP) is 12.5. The van der Waals surface area contributed by atoms with E-state index in [4.69, 9.17) is 0 Å². The minimum atomic E-state index is 0.206. The van der Waals surface area contributed by atoms with Crippen molar-refractivity contribution in [3.05, 3.63) is 206 Å². The Balaban J connectivity index is 1.07. The third-order valence-corrected chi connectivity index (χ3v) is 9.18. The first-order valence-electron chi connectivity index (χ1n) is 16.6. The van der Waals surface area contributed by atoms with E-state index in [1.54, 1.807) is 0 Å². The molecule has 0 spiro atoms. The van der Waals surface area contributed by atoms with Crippen molar-refractivity contribution in [2.24, 2.45) is 0 Å². The van der Waals surface area contributed by atoms with Gasteiger partial charge in [0, 0.05) is 28.1 Å². The highest BCUT2D eigenvalue weighted by Gasteiger charge is 2.21. The molecule has 0 radical (unpaired) electrons. The normalized spacial score (nSPS) is 14.0. The third kappa shape index (κ3) is 5.92. The highest BCUT2D eigenvalue weighted by Crippen LogP contribution is 2.40. The molecule has 1 aliphatic carbocycles. The zero-order valence-electron chi connectivity index (χ0n) is 26.7. The molecule has 7 aromatic rings. The number of hydrogen-bond donors (Lipinski definition) is 0. The van der Waals surface area contributed by atoms with E-state index in [0.29, 0.717) is 0 Å². The average molecular weight is 617 g/mol. The van der Waals surface area contributed by atoms with E-state index in [1.807, 2.05) is 0 Å². The lowest BCUT2D eigenvalue weighted by Gasteiger charge is -2.33. The van der Waals surface area contributed by atoms with Gasteiger partial charge in [0.1, 0.15) is 0 Å². The van der Waals surface area contributed by atoms with Crippen LogP contribution in [0.25, 0.3) is 27.5 Å². The predicted molar refractivity (Wildman–Crippen MR) is 205 cm³/mol. The second-order valence-electron chi connectivity index (χ2n) is 12.2. The smallest absolute Gasteiger partial charge is 0.0560 e. The molecule has 0 heterocycles. The second kappa shape index (κ2) is 13.3. The van der Waals surface area contributed by atoms with E-state index in [-0.39, 0.29) is 6.04 Å². The summed E-state index contributed by atoms with van der Waals surface area (Å²) in [5, 5.41) is 2.46. The van der Waals surface area contributed by atoms with E-state index in [1.165, 1.54) is 50.1 Å². The lowest BCUT2D eigenvalue weighted by molar-refractivity contribution is 0.787. The molecular formula is C46H36N2. The van der Waals surface area contributed by atoms with Gasteiger partial charge in [-0.25, -0.2) is 0 Å². The molecule has 2 heteroatoms. The molecule has 230 valence electrons.